The monoisotopic (exact) mass is 375 g/mol. The SMILES string of the molecule is COc1ccc(C)cc1Nc1cc(N2CCN(c3ccccc3)CC2)ncn1. The maximum Gasteiger partial charge on any atom is 0.142 e. The highest BCUT2D eigenvalue weighted by Crippen LogP contribution is 2.29. The van der Waals surface area contributed by atoms with E-state index in [4.69, 9.17) is 4.74 Å². The molecule has 0 saturated carbocycles. The second-order valence-corrected chi connectivity index (χ2v) is 6.90. The molecule has 1 fully saturated rings. The largest absolute Gasteiger partial charge is 0.495 e. The maximum atomic E-state index is 5.45. The molecule has 1 aliphatic heterocycles. The first kappa shape index (κ1) is 18.1. The number of para-hydroxylation sites is 1. The van der Waals surface area contributed by atoms with E-state index in [1.807, 2.05) is 18.2 Å². The Kier molecular flexibility index (Phi) is 5.28. The Labute approximate surface area is 165 Å². The van der Waals surface area contributed by atoms with E-state index in [-0.39, 0.29) is 0 Å². The number of rotatable bonds is 5. The van der Waals surface area contributed by atoms with Gasteiger partial charge in [0.25, 0.3) is 0 Å². The van der Waals surface area contributed by atoms with Crippen LogP contribution in [0.1, 0.15) is 5.56 Å². The molecule has 6 heteroatoms. The molecule has 1 N–H and O–H groups in total. The van der Waals surface area contributed by atoms with Crippen LogP contribution < -0.4 is 19.9 Å². The molecular formula is C22H25N5O. The van der Waals surface area contributed by atoms with Crippen molar-refractivity contribution in [1.82, 2.24) is 9.97 Å². The fourth-order valence-electron chi connectivity index (χ4n) is 3.48. The van der Waals surface area contributed by atoms with Crippen LogP contribution in [-0.4, -0.2) is 43.3 Å². The smallest absolute Gasteiger partial charge is 0.142 e. The zero-order valence-corrected chi connectivity index (χ0v) is 16.3. The van der Waals surface area contributed by atoms with Crippen LogP contribution in [0.5, 0.6) is 5.75 Å². The topological polar surface area (TPSA) is 53.5 Å². The van der Waals surface area contributed by atoms with Crippen molar-refractivity contribution in [3.63, 3.8) is 0 Å². The van der Waals surface area contributed by atoms with E-state index >= 15 is 0 Å². The summed E-state index contributed by atoms with van der Waals surface area (Å²) in [5.41, 5.74) is 3.34. The first-order chi connectivity index (χ1) is 13.7. The summed E-state index contributed by atoms with van der Waals surface area (Å²) < 4.78 is 5.45. The summed E-state index contributed by atoms with van der Waals surface area (Å²) in [6.07, 6.45) is 1.61. The number of aromatic nitrogens is 2. The number of nitrogens with zero attached hydrogens (tertiary/aromatic N) is 4. The molecule has 4 rings (SSSR count). The third-order valence-electron chi connectivity index (χ3n) is 5.00. The summed E-state index contributed by atoms with van der Waals surface area (Å²) in [6, 6.07) is 18.6. The zero-order valence-electron chi connectivity index (χ0n) is 16.3. The number of aryl methyl sites for hydroxylation is 1. The molecule has 0 aliphatic carbocycles. The van der Waals surface area contributed by atoms with Gasteiger partial charge in [0.05, 0.1) is 12.8 Å². The van der Waals surface area contributed by atoms with Crippen LogP contribution in [0.15, 0.2) is 60.9 Å². The van der Waals surface area contributed by atoms with Gasteiger partial charge in [-0.1, -0.05) is 24.3 Å². The minimum Gasteiger partial charge on any atom is -0.495 e. The van der Waals surface area contributed by atoms with Crippen LogP contribution in [0, 0.1) is 6.92 Å². The van der Waals surface area contributed by atoms with Crippen molar-refractivity contribution in [2.24, 2.45) is 0 Å². The maximum absolute atomic E-state index is 5.45. The van der Waals surface area contributed by atoms with E-state index in [9.17, 15) is 0 Å². The lowest BCUT2D eigenvalue weighted by atomic mass is 10.2. The number of methoxy groups -OCH3 is 1. The van der Waals surface area contributed by atoms with Gasteiger partial charge in [-0.05, 0) is 36.8 Å². The molecule has 0 atom stereocenters. The molecule has 1 aliphatic rings. The van der Waals surface area contributed by atoms with Gasteiger partial charge in [0, 0.05) is 37.9 Å². The van der Waals surface area contributed by atoms with Crippen LogP contribution in [0.2, 0.25) is 0 Å². The van der Waals surface area contributed by atoms with Gasteiger partial charge in [0.15, 0.2) is 0 Å². The third-order valence-corrected chi connectivity index (χ3v) is 5.00. The van der Waals surface area contributed by atoms with E-state index in [2.05, 4.69) is 68.4 Å². The van der Waals surface area contributed by atoms with Crippen molar-refractivity contribution < 1.29 is 4.74 Å². The third kappa shape index (κ3) is 4.01. The minimum absolute atomic E-state index is 0.763. The number of ether oxygens (including phenoxy) is 1. The van der Waals surface area contributed by atoms with Crippen LogP contribution in [0.25, 0.3) is 0 Å². The molecule has 0 spiro atoms. The van der Waals surface area contributed by atoms with Crippen molar-refractivity contribution in [3.05, 3.63) is 66.5 Å². The average Bonchev–Trinajstić information content (AvgIpc) is 2.75. The Hall–Kier alpha value is -3.28. The Morgan fingerprint density at radius 1 is 0.893 bits per heavy atom. The van der Waals surface area contributed by atoms with Crippen molar-refractivity contribution in [3.8, 4) is 5.75 Å². The number of hydrogen-bond donors (Lipinski definition) is 1. The van der Waals surface area contributed by atoms with E-state index in [0.29, 0.717) is 0 Å². The molecule has 1 aromatic heterocycles. The fraction of sp³-hybridized carbons (Fsp3) is 0.273. The summed E-state index contributed by atoms with van der Waals surface area (Å²) >= 11 is 0. The predicted molar refractivity (Wildman–Crippen MR) is 114 cm³/mol. The van der Waals surface area contributed by atoms with Crippen LogP contribution in [-0.2, 0) is 0 Å². The van der Waals surface area contributed by atoms with Crippen molar-refractivity contribution in [1.29, 1.82) is 0 Å². The average molecular weight is 375 g/mol. The Morgan fingerprint density at radius 3 is 2.39 bits per heavy atom. The first-order valence-electron chi connectivity index (χ1n) is 9.51. The Morgan fingerprint density at radius 2 is 1.64 bits per heavy atom. The van der Waals surface area contributed by atoms with Crippen molar-refractivity contribution >= 4 is 23.0 Å². The second-order valence-electron chi connectivity index (χ2n) is 6.90. The van der Waals surface area contributed by atoms with E-state index in [0.717, 1.165) is 54.8 Å². The molecule has 1 saturated heterocycles. The molecule has 144 valence electrons. The molecule has 0 bridgehead atoms. The number of nitrogens with one attached hydrogen (secondary N) is 1. The van der Waals surface area contributed by atoms with Gasteiger partial charge in [-0.25, -0.2) is 9.97 Å². The summed E-state index contributed by atoms with van der Waals surface area (Å²) in [5, 5.41) is 3.37. The van der Waals surface area contributed by atoms with E-state index in [1.165, 1.54) is 5.69 Å². The number of benzene rings is 2. The summed E-state index contributed by atoms with van der Waals surface area (Å²) in [5.74, 6) is 2.50. The lowest BCUT2D eigenvalue weighted by Gasteiger charge is -2.36. The molecule has 2 heterocycles. The van der Waals surface area contributed by atoms with E-state index < -0.39 is 0 Å². The Bertz CT molecular complexity index is 923. The van der Waals surface area contributed by atoms with Crippen LogP contribution >= 0.6 is 0 Å². The van der Waals surface area contributed by atoms with Gasteiger partial charge < -0.3 is 19.9 Å². The lowest BCUT2D eigenvalue weighted by Crippen LogP contribution is -2.46. The molecule has 28 heavy (non-hydrogen) atoms. The summed E-state index contributed by atoms with van der Waals surface area (Å²) in [7, 11) is 1.67. The summed E-state index contributed by atoms with van der Waals surface area (Å²) in [6.45, 7) is 5.87. The molecule has 0 amide bonds. The molecule has 0 unspecified atom stereocenters. The van der Waals surface area contributed by atoms with Gasteiger partial charge in [0.1, 0.15) is 23.7 Å². The van der Waals surface area contributed by atoms with Gasteiger partial charge in [-0.3, -0.25) is 0 Å². The minimum atomic E-state index is 0.763. The molecule has 0 radical (unpaired) electrons. The standard InChI is InChI=1S/C22H25N5O/c1-17-8-9-20(28-2)19(14-17)25-21-15-22(24-16-23-21)27-12-10-26(11-13-27)18-6-4-3-5-7-18/h3-9,14-16H,10-13H2,1-2H3,(H,23,24,25). The highest BCUT2D eigenvalue weighted by Gasteiger charge is 2.18. The van der Waals surface area contributed by atoms with Gasteiger partial charge in [-0.2, -0.15) is 0 Å². The van der Waals surface area contributed by atoms with E-state index in [1.54, 1.807) is 13.4 Å². The lowest BCUT2D eigenvalue weighted by molar-refractivity contribution is 0.416. The fourth-order valence-corrected chi connectivity index (χ4v) is 3.48. The summed E-state index contributed by atoms with van der Waals surface area (Å²) in [4.78, 5) is 13.6. The van der Waals surface area contributed by atoms with Gasteiger partial charge in [0.2, 0.25) is 0 Å². The predicted octanol–water partition coefficient (Wildman–Crippen LogP) is 3.86. The van der Waals surface area contributed by atoms with Crippen LogP contribution in [0.3, 0.4) is 0 Å². The zero-order chi connectivity index (χ0) is 19.3. The first-order valence-corrected chi connectivity index (χ1v) is 9.51. The molecule has 2 aromatic carbocycles. The Balaban J connectivity index is 1.45. The number of piperazine rings is 1. The van der Waals surface area contributed by atoms with Gasteiger partial charge >= 0.3 is 0 Å². The van der Waals surface area contributed by atoms with Gasteiger partial charge in [-0.15, -0.1) is 0 Å². The number of hydrogen-bond acceptors (Lipinski definition) is 6. The van der Waals surface area contributed by atoms with Crippen molar-refractivity contribution in [2.75, 3.05) is 48.4 Å². The molecule has 3 aromatic rings. The van der Waals surface area contributed by atoms with Crippen LogP contribution in [0.4, 0.5) is 23.0 Å². The quantitative estimate of drug-likeness (QED) is 0.731. The second kappa shape index (κ2) is 8.17. The molecule has 6 nitrogen and oxygen atoms in total. The highest BCUT2D eigenvalue weighted by atomic mass is 16.5. The van der Waals surface area contributed by atoms with Crippen molar-refractivity contribution in [2.45, 2.75) is 6.92 Å². The molecular weight excluding hydrogens is 350 g/mol. The number of anilines is 4. The highest BCUT2D eigenvalue weighted by molar-refractivity contribution is 5.66. The normalized spacial score (nSPS) is 14.1.